The number of benzene rings is 2. The third-order valence-corrected chi connectivity index (χ3v) is 7.51. The van der Waals surface area contributed by atoms with E-state index in [1.54, 1.807) is 28.6 Å². The van der Waals surface area contributed by atoms with Crippen LogP contribution in [0.1, 0.15) is 37.7 Å². The number of aromatic amines is 1. The zero-order valence-corrected chi connectivity index (χ0v) is 17.7. The average molecular weight is 426 g/mol. The Balaban J connectivity index is 1.41. The normalized spacial score (nSPS) is 15.7. The molecule has 7 heteroatoms. The molecule has 2 heterocycles. The SMILES string of the molecule is O=C(CCc1c[nH]c2ccccc12)Nc1cccc(S(=O)(=O)N2CCCCCC2)c1. The summed E-state index contributed by atoms with van der Waals surface area (Å²) in [6, 6.07) is 14.6. The molecule has 1 aliphatic heterocycles. The number of amides is 1. The molecule has 158 valence electrons. The molecule has 1 aromatic heterocycles. The van der Waals surface area contributed by atoms with Crippen LogP contribution in [0.2, 0.25) is 0 Å². The Labute approximate surface area is 177 Å². The number of aromatic nitrogens is 1. The fraction of sp³-hybridized carbons (Fsp3) is 0.348. The molecule has 2 aromatic carbocycles. The van der Waals surface area contributed by atoms with Crippen LogP contribution in [0.5, 0.6) is 0 Å². The van der Waals surface area contributed by atoms with Crippen LogP contribution in [0.25, 0.3) is 10.9 Å². The second kappa shape index (κ2) is 9.02. The molecule has 0 atom stereocenters. The first-order valence-corrected chi connectivity index (χ1v) is 11.9. The maximum absolute atomic E-state index is 13.0. The zero-order chi connectivity index (χ0) is 21.0. The molecule has 1 aliphatic rings. The number of H-pyrrole nitrogens is 1. The maximum atomic E-state index is 13.0. The van der Waals surface area contributed by atoms with E-state index in [-0.39, 0.29) is 10.8 Å². The molecule has 1 amide bonds. The summed E-state index contributed by atoms with van der Waals surface area (Å²) in [6.45, 7) is 1.12. The molecular formula is C23H27N3O3S. The van der Waals surface area contributed by atoms with Crippen molar-refractivity contribution < 1.29 is 13.2 Å². The summed E-state index contributed by atoms with van der Waals surface area (Å²) < 4.78 is 27.6. The molecule has 0 radical (unpaired) electrons. The number of fused-ring (bicyclic) bond motifs is 1. The molecule has 1 fully saturated rings. The molecule has 1 saturated heterocycles. The second-order valence-corrected chi connectivity index (χ2v) is 9.69. The van der Waals surface area contributed by atoms with Gasteiger partial charge in [0.25, 0.3) is 0 Å². The summed E-state index contributed by atoms with van der Waals surface area (Å²) in [5.74, 6) is -0.135. The molecule has 0 saturated carbocycles. The Hall–Kier alpha value is -2.64. The minimum atomic E-state index is -3.54. The quantitative estimate of drug-likeness (QED) is 0.618. The number of rotatable bonds is 6. The molecule has 4 rings (SSSR count). The minimum Gasteiger partial charge on any atom is -0.361 e. The average Bonchev–Trinajstić information content (AvgIpc) is 2.95. The Kier molecular flexibility index (Phi) is 6.20. The van der Waals surface area contributed by atoms with Crippen LogP contribution in [-0.2, 0) is 21.2 Å². The number of carbonyl (C=O) groups excluding carboxylic acids is 1. The van der Waals surface area contributed by atoms with Gasteiger partial charge in [0, 0.05) is 42.3 Å². The molecule has 0 aliphatic carbocycles. The molecule has 2 N–H and O–H groups in total. The van der Waals surface area contributed by atoms with Gasteiger partial charge >= 0.3 is 0 Å². The van der Waals surface area contributed by atoms with Crippen LogP contribution in [0.3, 0.4) is 0 Å². The predicted octanol–water partition coefficient (Wildman–Crippen LogP) is 4.30. The molecule has 3 aromatic rings. The van der Waals surface area contributed by atoms with Gasteiger partial charge in [-0.3, -0.25) is 4.79 Å². The molecule has 0 bridgehead atoms. The number of hydrogen-bond donors (Lipinski definition) is 2. The van der Waals surface area contributed by atoms with Crippen molar-refractivity contribution in [2.45, 2.75) is 43.4 Å². The number of nitrogens with one attached hydrogen (secondary N) is 2. The monoisotopic (exact) mass is 425 g/mol. The second-order valence-electron chi connectivity index (χ2n) is 7.75. The van der Waals surface area contributed by atoms with E-state index in [9.17, 15) is 13.2 Å². The number of para-hydroxylation sites is 1. The van der Waals surface area contributed by atoms with Crippen molar-refractivity contribution in [2.24, 2.45) is 0 Å². The Morgan fingerprint density at radius 2 is 1.77 bits per heavy atom. The number of nitrogens with zero attached hydrogens (tertiary/aromatic N) is 1. The van der Waals surface area contributed by atoms with E-state index in [0.717, 1.165) is 42.1 Å². The van der Waals surface area contributed by atoms with E-state index < -0.39 is 10.0 Å². The lowest BCUT2D eigenvalue weighted by Gasteiger charge is -2.20. The molecule has 30 heavy (non-hydrogen) atoms. The topological polar surface area (TPSA) is 82.3 Å². The number of hydrogen-bond acceptors (Lipinski definition) is 3. The first-order chi connectivity index (χ1) is 14.5. The first-order valence-electron chi connectivity index (χ1n) is 10.5. The van der Waals surface area contributed by atoms with Crippen LogP contribution < -0.4 is 5.32 Å². The van der Waals surface area contributed by atoms with Crippen LogP contribution in [0.15, 0.2) is 59.6 Å². The van der Waals surface area contributed by atoms with Crippen molar-refractivity contribution in [3.05, 3.63) is 60.3 Å². The van der Waals surface area contributed by atoms with Crippen molar-refractivity contribution in [2.75, 3.05) is 18.4 Å². The first kappa shape index (κ1) is 20.6. The Morgan fingerprint density at radius 3 is 2.57 bits per heavy atom. The zero-order valence-electron chi connectivity index (χ0n) is 16.9. The fourth-order valence-corrected chi connectivity index (χ4v) is 5.54. The van der Waals surface area contributed by atoms with Gasteiger partial charge in [-0.05, 0) is 49.1 Å². The number of carbonyl (C=O) groups is 1. The van der Waals surface area contributed by atoms with E-state index >= 15 is 0 Å². The summed E-state index contributed by atoms with van der Waals surface area (Å²) in [5.41, 5.74) is 2.66. The van der Waals surface area contributed by atoms with Gasteiger partial charge in [-0.1, -0.05) is 37.1 Å². The van der Waals surface area contributed by atoms with Gasteiger partial charge in [0.1, 0.15) is 0 Å². The standard InChI is InChI=1S/C23H27N3O3S/c27-23(13-12-18-17-24-22-11-4-3-10-21(18)22)25-19-8-7-9-20(16-19)30(28,29)26-14-5-1-2-6-15-26/h3-4,7-11,16-17,24H,1-2,5-6,12-15H2,(H,25,27). The van der Waals surface area contributed by atoms with Crippen molar-refractivity contribution in [3.8, 4) is 0 Å². The summed E-state index contributed by atoms with van der Waals surface area (Å²) in [6.07, 6.45) is 6.79. The predicted molar refractivity (Wildman–Crippen MR) is 119 cm³/mol. The molecule has 0 spiro atoms. The fourth-order valence-electron chi connectivity index (χ4n) is 3.98. The van der Waals surface area contributed by atoms with Crippen LogP contribution in [0, 0.1) is 0 Å². The highest BCUT2D eigenvalue weighted by atomic mass is 32.2. The number of anilines is 1. The van der Waals surface area contributed by atoms with E-state index in [0.29, 0.717) is 31.6 Å². The van der Waals surface area contributed by atoms with Gasteiger partial charge in [0.2, 0.25) is 15.9 Å². The van der Waals surface area contributed by atoms with Crippen molar-refractivity contribution in [1.29, 1.82) is 0 Å². The van der Waals surface area contributed by atoms with E-state index in [1.807, 2.05) is 30.5 Å². The van der Waals surface area contributed by atoms with Gasteiger partial charge in [0.15, 0.2) is 0 Å². The highest BCUT2D eigenvalue weighted by Gasteiger charge is 2.25. The molecule has 6 nitrogen and oxygen atoms in total. The van der Waals surface area contributed by atoms with Crippen molar-refractivity contribution in [1.82, 2.24) is 9.29 Å². The number of aryl methyl sites for hydroxylation is 1. The van der Waals surface area contributed by atoms with Gasteiger partial charge in [-0.2, -0.15) is 4.31 Å². The molecular weight excluding hydrogens is 398 g/mol. The van der Waals surface area contributed by atoms with Gasteiger partial charge in [-0.25, -0.2) is 8.42 Å². The smallest absolute Gasteiger partial charge is 0.243 e. The maximum Gasteiger partial charge on any atom is 0.243 e. The van der Waals surface area contributed by atoms with E-state index in [4.69, 9.17) is 0 Å². The number of sulfonamides is 1. The summed E-state index contributed by atoms with van der Waals surface area (Å²) in [4.78, 5) is 15.9. The highest BCUT2D eigenvalue weighted by molar-refractivity contribution is 7.89. The van der Waals surface area contributed by atoms with Gasteiger partial charge in [0.05, 0.1) is 4.90 Å². The van der Waals surface area contributed by atoms with Gasteiger partial charge in [-0.15, -0.1) is 0 Å². The van der Waals surface area contributed by atoms with Crippen molar-refractivity contribution >= 4 is 32.5 Å². The lowest BCUT2D eigenvalue weighted by molar-refractivity contribution is -0.116. The van der Waals surface area contributed by atoms with E-state index in [2.05, 4.69) is 10.3 Å². The summed E-state index contributed by atoms with van der Waals surface area (Å²) >= 11 is 0. The van der Waals surface area contributed by atoms with Crippen LogP contribution in [0.4, 0.5) is 5.69 Å². The van der Waals surface area contributed by atoms with E-state index in [1.165, 1.54) is 0 Å². The lowest BCUT2D eigenvalue weighted by atomic mass is 10.1. The molecule has 0 unspecified atom stereocenters. The summed E-state index contributed by atoms with van der Waals surface area (Å²) in [5, 5.41) is 3.97. The Morgan fingerprint density at radius 1 is 1.00 bits per heavy atom. The Bertz CT molecular complexity index is 1130. The third-order valence-electron chi connectivity index (χ3n) is 5.62. The van der Waals surface area contributed by atoms with Gasteiger partial charge < -0.3 is 10.3 Å². The highest BCUT2D eigenvalue weighted by Crippen LogP contribution is 2.23. The third kappa shape index (κ3) is 4.57. The largest absolute Gasteiger partial charge is 0.361 e. The lowest BCUT2D eigenvalue weighted by Crippen LogP contribution is -2.32. The summed E-state index contributed by atoms with van der Waals surface area (Å²) in [7, 11) is -3.54. The van der Waals surface area contributed by atoms with Crippen LogP contribution >= 0.6 is 0 Å². The minimum absolute atomic E-state index is 0.135. The van der Waals surface area contributed by atoms with Crippen LogP contribution in [-0.4, -0.2) is 36.7 Å². The van der Waals surface area contributed by atoms with Crippen molar-refractivity contribution in [3.63, 3.8) is 0 Å².